The molecule has 2 heterocycles. The number of carbonyl (C=O) groups is 2. The van der Waals surface area contributed by atoms with E-state index in [0.717, 1.165) is 28.4 Å². The van der Waals surface area contributed by atoms with E-state index in [1.807, 2.05) is 32.0 Å². The number of morpholine rings is 1. The standard InChI is InChI=1S/C23H25ClN4O3S/c1-14(2)20(27-21(29)15-3-5-16(24)6-4-15)22(30)25-17-7-8-18-19(13-17)32-23(26-18)28-9-11-31-12-10-28/h3-8,13-14,20H,9-12H2,1-2H3,(H,25,30)(H,27,29). The van der Waals surface area contributed by atoms with Crippen molar-refractivity contribution in [2.45, 2.75) is 19.9 Å². The van der Waals surface area contributed by atoms with Gasteiger partial charge >= 0.3 is 0 Å². The van der Waals surface area contributed by atoms with Gasteiger partial charge < -0.3 is 20.3 Å². The van der Waals surface area contributed by atoms with Crippen molar-refractivity contribution < 1.29 is 14.3 Å². The maximum Gasteiger partial charge on any atom is 0.251 e. The lowest BCUT2D eigenvalue weighted by atomic mass is 10.0. The Bertz CT molecular complexity index is 1110. The minimum Gasteiger partial charge on any atom is -0.378 e. The van der Waals surface area contributed by atoms with Crippen LogP contribution in [0.5, 0.6) is 0 Å². The lowest BCUT2D eigenvalue weighted by Crippen LogP contribution is -2.47. The summed E-state index contributed by atoms with van der Waals surface area (Å²) >= 11 is 7.49. The van der Waals surface area contributed by atoms with Crippen LogP contribution in [0.3, 0.4) is 0 Å². The summed E-state index contributed by atoms with van der Waals surface area (Å²) in [5.74, 6) is -0.672. The highest BCUT2D eigenvalue weighted by atomic mass is 35.5. The lowest BCUT2D eigenvalue weighted by Gasteiger charge is -2.25. The first kappa shape index (κ1) is 22.5. The highest BCUT2D eigenvalue weighted by Crippen LogP contribution is 2.31. The number of fused-ring (bicyclic) bond motifs is 1. The van der Waals surface area contributed by atoms with Crippen LogP contribution < -0.4 is 15.5 Å². The van der Waals surface area contributed by atoms with E-state index in [4.69, 9.17) is 21.3 Å². The molecular formula is C23H25ClN4O3S. The normalized spacial score (nSPS) is 15.1. The molecule has 3 aromatic rings. The molecule has 0 saturated carbocycles. The predicted octanol–water partition coefficient (Wildman–Crippen LogP) is 4.18. The Morgan fingerprint density at radius 1 is 1.12 bits per heavy atom. The fourth-order valence-electron chi connectivity index (χ4n) is 3.46. The van der Waals surface area contributed by atoms with Gasteiger partial charge in [-0.1, -0.05) is 36.8 Å². The van der Waals surface area contributed by atoms with Crippen molar-refractivity contribution >= 4 is 55.8 Å². The van der Waals surface area contributed by atoms with Gasteiger partial charge in [0, 0.05) is 29.4 Å². The number of halogens is 1. The zero-order valence-electron chi connectivity index (χ0n) is 17.9. The average molecular weight is 473 g/mol. The third kappa shape index (κ3) is 5.20. The molecule has 2 amide bonds. The van der Waals surface area contributed by atoms with Crippen LogP contribution in [0.4, 0.5) is 10.8 Å². The average Bonchev–Trinajstić information content (AvgIpc) is 3.21. The molecule has 4 rings (SSSR count). The number of amides is 2. The molecule has 2 N–H and O–H groups in total. The van der Waals surface area contributed by atoms with Gasteiger partial charge in [-0.3, -0.25) is 9.59 Å². The van der Waals surface area contributed by atoms with Crippen LogP contribution in [0.25, 0.3) is 10.2 Å². The molecule has 9 heteroatoms. The molecular weight excluding hydrogens is 448 g/mol. The van der Waals surface area contributed by atoms with E-state index >= 15 is 0 Å². The second kappa shape index (κ2) is 9.85. The molecule has 1 aliphatic rings. The number of nitrogens with zero attached hydrogens (tertiary/aromatic N) is 2. The highest BCUT2D eigenvalue weighted by molar-refractivity contribution is 7.22. The second-order valence-electron chi connectivity index (χ2n) is 7.97. The van der Waals surface area contributed by atoms with Gasteiger partial charge in [0.25, 0.3) is 5.91 Å². The Morgan fingerprint density at radius 2 is 1.84 bits per heavy atom. The number of aromatic nitrogens is 1. The Hall–Kier alpha value is -2.68. The number of carbonyl (C=O) groups excluding carboxylic acids is 2. The number of thiazole rings is 1. The minimum atomic E-state index is -0.681. The maximum atomic E-state index is 13.0. The molecule has 0 aliphatic carbocycles. The summed E-state index contributed by atoms with van der Waals surface area (Å²) in [4.78, 5) is 32.5. The van der Waals surface area contributed by atoms with E-state index < -0.39 is 6.04 Å². The van der Waals surface area contributed by atoms with Crippen molar-refractivity contribution in [2.24, 2.45) is 5.92 Å². The van der Waals surface area contributed by atoms with Gasteiger partial charge in [-0.2, -0.15) is 0 Å². The first-order valence-electron chi connectivity index (χ1n) is 10.5. The third-order valence-electron chi connectivity index (χ3n) is 5.27. The van der Waals surface area contributed by atoms with E-state index in [9.17, 15) is 9.59 Å². The Balaban J connectivity index is 1.46. The Morgan fingerprint density at radius 3 is 2.53 bits per heavy atom. The van der Waals surface area contributed by atoms with Crippen LogP contribution in [0.2, 0.25) is 5.02 Å². The molecule has 2 aromatic carbocycles. The largest absolute Gasteiger partial charge is 0.378 e. The Kier molecular flexibility index (Phi) is 6.93. The number of rotatable bonds is 6. The van der Waals surface area contributed by atoms with E-state index in [2.05, 4.69) is 15.5 Å². The van der Waals surface area contributed by atoms with Crippen LogP contribution in [-0.4, -0.2) is 49.1 Å². The van der Waals surface area contributed by atoms with Gasteiger partial charge in [0.1, 0.15) is 6.04 Å². The third-order valence-corrected chi connectivity index (χ3v) is 6.60. The number of hydrogen-bond donors (Lipinski definition) is 2. The van der Waals surface area contributed by atoms with Gasteiger partial charge in [-0.05, 0) is 48.4 Å². The number of hydrogen-bond acceptors (Lipinski definition) is 6. The van der Waals surface area contributed by atoms with E-state index in [-0.39, 0.29) is 17.7 Å². The van der Waals surface area contributed by atoms with Crippen molar-refractivity contribution in [3.63, 3.8) is 0 Å². The fraction of sp³-hybridized carbons (Fsp3) is 0.348. The molecule has 168 valence electrons. The van der Waals surface area contributed by atoms with Crippen molar-refractivity contribution in [2.75, 3.05) is 36.5 Å². The topological polar surface area (TPSA) is 83.6 Å². The van der Waals surface area contributed by atoms with Crippen LogP contribution >= 0.6 is 22.9 Å². The molecule has 32 heavy (non-hydrogen) atoms. The second-order valence-corrected chi connectivity index (χ2v) is 9.42. The fourth-order valence-corrected chi connectivity index (χ4v) is 4.64. The summed E-state index contributed by atoms with van der Waals surface area (Å²) in [5, 5.41) is 7.29. The first-order chi connectivity index (χ1) is 15.4. The van der Waals surface area contributed by atoms with Gasteiger partial charge in [0.15, 0.2) is 5.13 Å². The summed E-state index contributed by atoms with van der Waals surface area (Å²) in [6.07, 6.45) is 0. The van der Waals surface area contributed by atoms with Crippen LogP contribution in [-0.2, 0) is 9.53 Å². The van der Waals surface area contributed by atoms with Crippen molar-refractivity contribution in [3.8, 4) is 0 Å². The molecule has 1 saturated heterocycles. The molecule has 1 aromatic heterocycles. The van der Waals surface area contributed by atoms with E-state index in [0.29, 0.717) is 29.5 Å². The SMILES string of the molecule is CC(C)C(NC(=O)c1ccc(Cl)cc1)C(=O)Nc1ccc2nc(N3CCOCC3)sc2c1. The summed E-state index contributed by atoms with van der Waals surface area (Å²) in [6.45, 7) is 6.85. The minimum absolute atomic E-state index is 0.0914. The molecule has 0 radical (unpaired) electrons. The van der Waals surface area contributed by atoms with Gasteiger partial charge in [0.05, 0.1) is 23.4 Å². The van der Waals surface area contributed by atoms with Crippen LogP contribution in [0.15, 0.2) is 42.5 Å². The van der Waals surface area contributed by atoms with Crippen LogP contribution in [0, 0.1) is 5.92 Å². The molecule has 1 fully saturated rings. The van der Waals surface area contributed by atoms with Gasteiger partial charge in [-0.15, -0.1) is 0 Å². The molecule has 7 nitrogen and oxygen atoms in total. The molecule has 0 bridgehead atoms. The van der Waals surface area contributed by atoms with E-state index in [1.165, 1.54) is 0 Å². The molecule has 1 aliphatic heterocycles. The zero-order valence-corrected chi connectivity index (χ0v) is 19.5. The monoisotopic (exact) mass is 472 g/mol. The Labute approximate surface area is 195 Å². The number of nitrogens with one attached hydrogen (secondary N) is 2. The quantitative estimate of drug-likeness (QED) is 0.562. The van der Waals surface area contributed by atoms with Crippen LogP contribution in [0.1, 0.15) is 24.2 Å². The number of ether oxygens (including phenoxy) is 1. The summed E-state index contributed by atoms with van der Waals surface area (Å²) in [7, 11) is 0. The van der Waals surface area contributed by atoms with Crippen molar-refractivity contribution in [1.82, 2.24) is 10.3 Å². The summed E-state index contributed by atoms with van der Waals surface area (Å²) < 4.78 is 6.41. The summed E-state index contributed by atoms with van der Waals surface area (Å²) in [5.41, 5.74) is 2.02. The molecule has 0 spiro atoms. The maximum absolute atomic E-state index is 13.0. The van der Waals surface area contributed by atoms with Crippen molar-refractivity contribution in [1.29, 1.82) is 0 Å². The lowest BCUT2D eigenvalue weighted by molar-refractivity contribution is -0.118. The number of benzene rings is 2. The van der Waals surface area contributed by atoms with Gasteiger partial charge in [-0.25, -0.2) is 4.98 Å². The molecule has 1 unspecified atom stereocenters. The number of anilines is 2. The predicted molar refractivity (Wildman–Crippen MR) is 129 cm³/mol. The highest BCUT2D eigenvalue weighted by Gasteiger charge is 2.25. The van der Waals surface area contributed by atoms with Crippen molar-refractivity contribution in [3.05, 3.63) is 53.1 Å². The van der Waals surface area contributed by atoms with Gasteiger partial charge in [0.2, 0.25) is 5.91 Å². The zero-order chi connectivity index (χ0) is 22.7. The van der Waals surface area contributed by atoms with E-state index in [1.54, 1.807) is 35.6 Å². The first-order valence-corrected chi connectivity index (χ1v) is 11.7. The summed E-state index contributed by atoms with van der Waals surface area (Å²) in [6, 6.07) is 11.6. The molecule has 1 atom stereocenters. The smallest absolute Gasteiger partial charge is 0.251 e.